The number of rotatable bonds is 7. The number of fused-ring (bicyclic) bond motifs is 1. The largest absolute Gasteiger partial charge is 0.469 e. The zero-order chi connectivity index (χ0) is 22.8. The van der Waals surface area contributed by atoms with Gasteiger partial charge in [-0.3, -0.25) is 9.52 Å². The Labute approximate surface area is 184 Å². The number of methoxy groups -OCH3 is 2. The standard InChI is InChI=1S/C21H21ClN2O6S/c1-29-19(25)13-21(20(26)30-2,14-7-9-15(22)10-8-14)24-12-11-16-17(23-31(3,27)28)5-4-6-18(16)24/h4-12,23H,13H2,1-3H3. The maximum atomic E-state index is 13.2. The molecule has 0 aliphatic carbocycles. The van der Waals surface area contributed by atoms with Crippen molar-refractivity contribution in [1.82, 2.24) is 4.57 Å². The number of ether oxygens (including phenoxy) is 2. The number of halogens is 1. The number of benzene rings is 2. The van der Waals surface area contributed by atoms with Crippen LogP contribution in [0.25, 0.3) is 10.9 Å². The predicted molar refractivity (Wildman–Crippen MR) is 118 cm³/mol. The lowest BCUT2D eigenvalue weighted by Gasteiger charge is -2.33. The zero-order valence-corrected chi connectivity index (χ0v) is 18.7. The minimum Gasteiger partial charge on any atom is -0.469 e. The van der Waals surface area contributed by atoms with Gasteiger partial charge >= 0.3 is 11.9 Å². The van der Waals surface area contributed by atoms with E-state index < -0.39 is 27.5 Å². The third-order valence-corrected chi connectivity index (χ3v) is 5.75. The van der Waals surface area contributed by atoms with E-state index in [1.165, 1.54) is 14.2 Å². The van der Waals surface area contributed by atoms with Gasteiger partial charge in [-0.05, 0) is 35.9 Å². The molecule has 0 aliphatic heterocycles. The Bertz CT molecular complexity index is 1240. The van der Waals surface area contributed by atoms with Crippen LogP contribution in [0.1, 0.15) is 12.0 Å². The van der Waals surface area contributed by atoms with Crippen molar-refractivity contribution in [2.45, 2.75) is 12.0 Å². The Morgan fingerprint density at radius 1 is 1.06 bits per heavy atom. The number of carbonyl (C=O) groups excluding carboxylic acids is 2. The first-order valence-corrected chi connectivity index (χ1v) is 11.4. The third-order valence-electron chi connectivity index (χ3n) is 4.91. The van der Waals surface area contributed by atoms with Crippen LogP contribution in [0.15, 0.2) is 54.7 Å². The first-order chi connectivity index (χ1) is 14.6. The van der Waals surface area contributed by atoms with E-state index in [2.05, 4.69) is 4.72 Å². The van der Waals surface area contributed by atoms with E-state index in [1.807, 2.05) is 0 Å². The average Bonchev–Trinajstić information content (AvgIpc) is 3.16. The second-order valence-electron chi connectivity index (χ2n) is 6.91. The van der Waals surface area contributed by atoms with Crippen molar-refractivity contribution in [3.63, 3.8) is 0 Å². The smallest absolute Gasteiger partial charge is 0.337 e. The summed E-state index contributed by atoms with van der Waals surface area (Å²) in [4.78, 5) is 25.6. The fraction of sp³-hybridized carbons (Fsp3) is 0.238. The molecule has 8 nitrogen and oxygen atoms in total. The fourth-order valence-corrected chi connectivity index (χ4v) is 4.28. The number of hydrogen-bond donors (Lipinski definition) is 1. The van der Waals surface area contributed by atoms with Crippen LogP contribution >= 0.6 is 11.6 Å². The lowest BCUT2D eigenvalue weighted by Crippen LogP contribution is -2.45. The van der Waals surface area contributed by atoms with Crippen LogP contribution in [-0.4, -0.2) is 45.4 Å². The van der Waals surface area contributed by atoms with Crippen LogP contribution in [-0.2, 0) is 34.6 Å². The summed E-state index contributed by atoms with van der Waals surface area (Å²) < 4.78 is 37.6. The van der Waals surface area contributed by atoms with Crippen LogP contribution in [0, 0.1) is 0 Å². The molecule has 31 heavy (non-hydrogen) atoms. The van der Waals surface area contributed by atoms with Gasteiger partial charge in [0.1, 0.15) is 0 Å². The van der Waals surface area contributed by atoms with Crippen LogP contribution in [0.5, 0.6) is 0 Å². The Morgan fingerprint density at radius 2 is 1.74 bits per heavy atom. The van der Waals surface area contributed by atoms with E-state index in [0.29, 0.717) is 27.2 Å². The molecule has 0 radical (unpaired) electrons. The van der Waals surface area contributed by atoms with Crippen molar-refractivity contribution in [1.29, 1.82) is 0 Å². The van der Waals surface area contributed by atoms with Crippen LogP contribution in [0.2, 0.25) is 5.02 Å². The molecule has 1 heterocycles. The Morgan fingerprint density at radius 3 is 2.32 bits per heavy atom. The molecule has 3 rings (SSSR count). The molecule has 1 unspecified atom stereocenters. The second kappa shape index (κ2) is 8.60. The van der Waals surface area contributed by atoms with E-state index in [0.717, 1.165) is 6.26 Å². The maximum absolute atomic E-state index is 13.2. The number of aromatic nitrogens is 1. The fourth-order valence-electron chi connectivity index (χ4n) is 3.58. The van der Waals surface area contributed by atoms with Crippen molar-refractivity contribution in [2.24, 2.45) is 0 Å². The predicted octanol–water partition coefficient (Wildman–Crippen LogP) is 3.15. The van der Waals surface area contributed by atoms with Gasteiger partial charge in [-0.1, -0.05) is 29.8 Å². The number of anilines is 1. The van der Waals surface area contributed by atoms with E-state index >= 15 is 0 Å². The summed E-state index contributed by atoms with van der Waals surface area (Å²) >= 11 is 6.03. The van der Waals surface area contributed by atoms with Gasteiger partial charge in [-0.15, -0.1) is 0 Å². The first kappa shape index (κ1) is 22.6. The van der Waals surface area contributed by atoms with Gasteiger partial charge in [0.25, 0.3) is 0 Å². The van der Waals surface area contributed by atoms with Gasteiger partial charge < -0.3 is 14.0 Å². The number of carbonyl (C=O) groups is 2. The first-order valence-electron chi connectivity index (χ1n) is 9.12. The van der Waals surface area contributed by atoms with Gasteiger partial charge in [0, 0.05) is 16.6 Å². The SMILES string of the molecule is COC(=O)CC(C(=O)OC)(c1ccc(Cl)cc1)n1ccc2c(NS(C)(=O)=O)cccc21. The van der Waals surface area contributed by atoms with Gasteiger partial charge in [0.2, 0.25) is 10.0 Å². The van der Waals surface area contributed by atoms with E-state index in [-0.39, 0.29) is 6.42 Å². The number of hydrogen-bond acceptors (Lipinski definition) is 6. The topological polar surface area (TPSA) is 104 Å². The molecule has 164 valence electrons. The number of sulfonamides is 1. The summed E-state index contributed by atoms with van der Waals surface area (Å²) in [6.07, 6.45) is 2.30. The Balaban J connectivity index is 2.35. The highest BCUT2D eigenvalue weighted by Crippen LogP contribution is 2.38. The Hall–Kier alpha value is -3.04. The minimum absolute atomic E-state index is 0.340. The lowest BCUT2D eigenvalue weighted by molar-refractivity contribution is -0.155. The molecule has 3 aromatic rings. The summed E-state index contributed by atoms with van der Waals surface area (Å²) in [6.45, 7) is 0. The molecule has 1 atom stereocenters. The molecule has 1 aromatic heterocycles. The number of esters is 2. The molecule has 1 N–H and O–H groups in total. The van der Waals surface area contributed by atoms with Crippen molar-refractivity contribution < 1.29 is 27.5 Å². The van der Waals surface area contributed by atoms with Crippen molar-refractivity contribution in [2.75, 3.05) is 25.2 Å². The van der Waals surface area contributed by atoms with Crippen molar-refractivity contribution in [3.05, 3.63) is 65.3 Å². The Kier molecular flexibility index (Phi) is 6.28. The van der Waals surface area contributed by atoms with E-state index in [1.54, 1.807) is 59.3 Å². The van der Waals surface area contributed by atoms with Gasteiger partial charge in [0.05, 0.1) is 38.1 Å². The molecule has 0 aliphatic rings. The van der Waals surface area contributed by atoms with Crippen molar-refractivity contribution in [3.8, 4) is 0 Å². The molecule has 0 saturated carbocycles. The number of nitrogens with one attached hydrogen (secondary N) is 1. The third kappa shape index (κ3) is 4.38. The molecule has 2 aromatic carbocycles. The number of nitrogens with zero attached hydrogens (tertiary/aromatic N) is 1. The summed E-state index contributed by atoms with van der Waals surface area (Å²) in [7, 11) is -1.08. The maximum Gasteiger partial charge on any atom is 0.337 e. The summed E-state index contributed by atoms with van der Waals surface area (Å²) in [6, 6.07) is 13.1. The van der Waals surface area contributed by atoms with Gasteiger partial charge in [-0.25, -0.2) is 13.2 Å². The zero-order valence-electron chi connectivity index (χ0n) is 17.1. The average molecular weight is 465 g/mol. The molecule has 0 bridgehead atoms. The van der Waals surface area contributed by atoms with Crippen molar-refractivity contribution >= 4 is 50.2 Å². The molecule has 10 heteroatoms. The summed E-state index contributed by atoms with van der Waals surface area (Å²) in [5.41, 5.74) is -0.310. The normalized spacial score (nSPS) is 13.4. The minimum atomic E-state index is -3.54. The molecular formula is C21H21ClN2O6S. The lowest BCUT2D eigenvalue weighted by atomic mass is 9.85. The van der Waals surface area contributed by atoms with E-state index in [9.17, 15) is 18.0 Å². The highest BCUT2D eigenvalue weighted by atomic mass is 35.5. The monoisotopic (exact) mass is 464 g/mol. The highest BCUT2D eigenvalue weighted by molar-refractivity contribution is 7.92. The van der Waals surface area contributed by atoms with E-state index in [4.69, 9.17) is 21.1 Å². The molecule has 0 spiro atoms. The molecule has 0 amide bonds. The highest BCUT2D eigenvalue weighted by Gasteiger charge is 2.46. The quantitative estimate of drug-likeness (QED) is 0.539. The second-order valence-corrected chi connectivity index (χ2v) is 9.09. The van der Waals surface area contributed by atoms with Crippen LogP contribution < -0.4 is 4.72 Å². The van der Waals surface area contributed by atoms with Crippen LogP contribution in [0.4, 0.5) is 5.69 Å². The molecule has 0 fully saturated rings. The van der Waals surface area contributed by atoms with Gasteiger partial charge in [0.15, 0.2) is 5.54 Å². The molecule has 0 saturated heterocycles. The summed E-state index contributed by atoms with van der Waals surface area (Å²) in [5, 5.41) is 0.998. The van der Waals surface area contributed by atoms with Crippen LogP contribution in [0.3, 0.4) is 0 Å². The summed E-state index contributed by atoms with van der Waals surface area (Å²) in [5.74, 6) is -1.33. The molecular weight excluding hydrogens is 444 g/mol. The van der Waals surface area contributed by atoms with Gasteiger partial charge in [-0.2, -0.15) is 0 Å².